The molecule has 3 N–H and O–H groups in total. The SMILES string of the molecule is COc1ccc(N=Nc2ccc(N)c(S(=O)(=O)O)c2)cc1. The lowest BCUT2D eigenvalue weighted by Gasteiger charge is -2.02. The molecule has 0 fully saturated rings. The van der Waals surface area contributed by atoms with Crippen molar-refractivity contribution in [2.75, 3.05) is 12.8 Å². The molecule has 2 aromatic rings. The van der Waals surface area contributed by atoms with Gasteiger partial charge in [0.1, 0.15) is 10.6 Å². The zero-order valence-electron chi connectivity index (χ0n) is 11.1. The van der Waals surface area contributed by atoms with E-state index in [2.05, 4.69) is 10.2 Å². The molecule has 0 heterocycles. The lowest BCUT2D eigenvalue weighted by Crippen LogP contribution is -2.02. The number of hydrogen-bond donors (Lipinski definition) is 2. The highest BCUT2D eigenvalue weighted by Crippen LogP contribution is 2.26. The molecule has 110 valence electrons. The van der Waals surface area contributed by atoms with E-state index in [4.69, 9.17) is 15.0 Å². The van der Waals surface area contributed by atoms with Crippen molar-refractivity contribution in [2.45, 2.75) is 4.90 Å². The molecule has 0 saturated carbocycles. The second-order valence-electron chi connectivity index (χ2n) is 4.10. The van der Waals surface area contributed by atoms with Gasteiger partial charge in [-0.25, -0.2) is 0 Å². The summed E-state index contributed by atoms with van der Waals surface area (Å²) in [5.74, 6) is 0.690. The topological polar surface area (TPSA) is 114 Å². The van der Waals surface area contributed by atoms with Gasteiger partial charge in [0, 0.05) is 0 Å². The molecule has 0 atom stereocenters. The maximum Gasteiger partial charge on any atom is 0.296 e. The van der Waals surface area contributed by atoms with Crippen molar-refractivity contribution in [3.63, 3.8) is 0 Å². The Hall–Kier alpha value is -2.45. The van der Waals surface area contributed by atoms with Crippen molar-refractivity contribution in [2.24, 2.45) is 10.2 Å². The van der Waals surface area contributed by atoms with Crippen molar-refractivity contribution in [1.82, 2.24) is 0 Å². The lowest BCUT2D eigenvalue weighted by atomic mass is 10.3. The van der Waals surface area contributed by atoms with E-state index < -0.39 is 15.0 Å². The summed E-state index contributed by atoms with van der Waals surface area (Å²) in [6.45, 7) is 0. The summed E-state index contributed by atoms with van der Waals surface area (Å²) in [5, 5.41) is 7.86. The first kappa shape index (κ1) is 14.9. The molecule has 0 aromatic heterocycles. The van der Waals surface area contributed by atoms with Crippen molar-refractivity contribution >= 4 is 27.2 Å². The Morgan fingerprint density at radius 3 is 2.19 bits per heavy atom. The van der Waals surface area contributed by atoms with Gasteiger partial charge in [-0.1, -0.05) is 0 Å². The zero-order chi connectivity index (χ0) is 15.5. The maximum absolute atomic E-state index is 11.1. The predicted molar refractivity (Wildman–Crippen MR) is 77.8 cm³/mol. The minimum absolute atomic E-state index is 0.0547. The number of hydrogen-bond acceptors (Lipinski definition) is 6. The molecule has 0 radical (unpaired) electrons. The number of anilines is 1. The summed E-state index contributed by atoms with van der Waals surface area (Å²) < 4.78 is 36.3. The fourth-order valence-corrected chi connectivity index (χ4v) is 2.21. The van der Waals surface area contributed by atoms with Crippen LogP contribution < -0.4 is 10.5 Å². The Morgan fingerprint density at radius 2 is 1.62 bits per heavy atom. The van der Waals surface area contributed by atoms with Crippen LogP contribution >= 0.6 is 0 Å². The number of ether oxygens (including phenoxy) is 1. The van der Waals surface area contributed by atoms with E-state index in [0.717, 1.165) is 6.07 Å². The third kappa shape index (κ3) is 3.77. The molecule has 0 spiro atoms. The summed E-state index contributed by atoms with van der Waals surface area (Å²) in [7, 11) is -2.83. The minimum Gasteiger partial charge on any atom is -0.497 e. The maximum atomic E-state index is 11.1. The molecule has 21 heavy (non-hydrogen) atoms. The van der Waals surface area contributed by atoms with Crippen molar-refractivity contribution in [3.8, 4) is 5.75 Å². The van der Waals surface area contributed by atoms with Crippen LogP contribution in [0.4, 0.5) is 17.1 Å². The molecule has 2 rings (SSSR count). The highest BCUT2D eigenvalue weighted by atomic mass is 32.2. The molecule has 8 heteroatoms. The Morgan fingerprint density at radius 1 is 1.05 bits per heavy atom. The predicted octanol–water partition coefficient (Wildman–Crippen LogP) is 2.94. The van der Waals surface area contributed by atoms with Crippen molar-refractivity contribution < 1.29 is 17.7 Å². The first-order valence-corrected chi connectivity index (χ1v) is 7.27. The van der Waals surface area contributed by atoms with Crippen molar-refractivity contribution in [1.29, 1.82) is 0 Å². The monoisotopic (exact) mass is 307 g/mol. The van der Waals surface area contributed by atoms with Crippen LogP contribution in [0.5, 0.6) is 5.75 Å². The van der Waals surface area contributed by atoms with E-state index in [-0.39, 0.29) is 11.4 Å². The fraction of sp³-hybridized carbons (Fsp3) is 0.0769. The molecule has 0 aliphatic rings. The highest BCUT2D eigenvalue weighted by molar-refractivity contribution is 7.86. The first-order chi connectivity index (χ1) is 9.90. The average Bonchev–Trinajstić information content (AvgIpc) is 2.45. The number of methoxy groups -OCH3 is 1. The Balaban J connectivity index is 2.28. The molecule has 2 aromatic carbocycles. The van der Waals surface area contributed by atoms with Gasteiger partial charge in [-0.15, -0.1) is 0 Å². The van der Waals surface area contributed by atoms with E-state index >= 15 is 0 Å². The summed E-state index contributed by atoms with van der Waals surface area (Å²) in [6.07, 6.45) is 0. The van der Waals surface area contributed by atoms with Crippen LogP contribution in [0.25, 0.3) is 0 Å². The van der Waals surface area contributed by atoms with E-state index in [1.165, 1.54) is 12.1 Å². The second kappa shape index (κ2) is 5.90. The Bertz CT molecular complexity index is 771. The van der Waals surface area contributed by atoms with Gasteiger partial charge < -0.3 is 10.5 Å². The number of nitrogen functional groups attached to an aromatic ring is 1. The summed E-state index contributed by atoms with van der Waals surface area (Å²) in [6, 6.07) is 10.8. The van der Waals surface area contributed by atoms with E-state index in [1.807, 2.05) is 0 Å². The minimum atomic E-state index is -4.39. The molecule has 0 amide bonds. The Kier molecular flexibility index (Phi) is 4.20. The van der Waals surface area contributed by atoms with Crippen molar-refractivity contribution in [3.05, 3.63) is 42.5 Å². The highest BCUT2D eigenvalue weighted by Gasteiger charge is 2.14. The molecule has 0 bridgehead atoms. The standard InChI is InChI=1S/C13H13N3O4S/c1-20-11-5-2-9(3-6-11)15-16-10-4-7-12(14)13(8-10)21(17,18)19/h2-8H,14H2,1H3,(H,17,18,19). The summed E-state index contributed by atoms with van der Waals surface area (Å²) in [5.41, 5.74) is 6.26. The van der Waals surface area contributed by atoms with Crippen LogP contribution in [0, 0.1) is 0 Å². The molecule has 0 aliphatic carbocycles. The summed E-state index contributed by atoms with van der Waals surface area (Å²) >= 11 is 0. The van der Waals surface area contributed by atoms with Crippen LogP contribution in [0.3, 0.4) is 0 Å². The number of azo groups is 1. The average molecular weight is 307 g/mol. The third-order valence-corrected chi connectivity index (χ3v) is 3.54. The quantitative estimate of drug-likeness (QED) is 0.512. The summed E-state index contributed by atoms with van der Waals surface area (Å²) in [4.78, 5) is -0.395. The van der Waals surface area contributed by atoms with Crippen LogP contribution in [-0.4, -0.2) is 20.1 Å². The number of nitrogens with two attached hydrogens (primary N) is 1. The Labute approximate surface area is 121 Å². The number of rotatable bonds is 4. The van der Waals surface area contributed by atoms with Gasteiger partial charge >= 0.3 is 0 Å². The lowest BCUT2D eigenvalue weighted by molar-refractivity contribution is 0.415. The van der Waals surface area contributed by atoms with Crippen LogP contribution in [0.15, 0.2) is 57.6 Å². The van der Waals surface area contributed by atoms with Crippen LogP contribution in [0.2, 0.25) is 0 Å². The van der Waals surface area contributed by atoms with Gasteiger partial charge in [0.15, 0.2) is 0 Å². The first-order valence-electron chi connectivity index (χ1n) is 5.83. The van der Waals surface area contributed by atoms with Gasteiger partial charge in [-0.3, -0.25) is 4.55 Å². The van der Waals surface area contributed by atoms with Crippen LogP contribution in [0.1, 0.15) is 0 Å². The zero-order valence-corrected chi connectivity index (χ0v) is 11.9. The van der Waals surface area contributed by atoms with Crippen LogP contribution in [-0.2, 0) is 10.1 Å². The van der Waals surface area contributed by atoms with E-state index in [1.54, 1.807) is 31.4 Å². The smallest absolute Gasteiger partial charge is 0.296 e. The number of benzene rings is 2. The largest absolute Gasteiger partial charge is 0.497 e. The molecular weight excluding hydrogens is 294 g/mol. The molecule has 7 nitrogen and oxygen atoms in total. The molecule has 0 saturated heterocycles. The van der Waals surface area contributed by atoms with Gasteiger partial charge in [0.25, 0.3) is 10.1 Å². The fourth-order valence-electron chi connectivity index (χ4n) is 1.57. The van der Waals surface area contributed by atoms with Gasteiger partial charge in [0.2, 0.25) is 0 Å². The van der Waals surface area contributed by atoms with Gasteiger partial charge in [-0.2, -0.15) is 18.6 Å². The molecule has 0 aliphatic heterocycles. The van der Waals surface area contributed by atoms with E-state index in [9.17, 15) is 8.42 Å². The van der Waals surface area contributed by atoms with E-state index in [0.29, 0.717) is 11.4 Å². The molecular formula is C13H13N3O4S. The van der Waals surface area contributed by atoms with Gasteiger partial charge in [0.05, 0.1) is 24.2 Å². The molecule has 0 unspecified atom stereocenters. The van der Waals surface area contributed by atoms with Gasteiger partial charge in [-0.05, 0) is 42.5 Å². The number of nitrogens with zero attached hydrogens (tertiary/aromatic N) is 2. The second-order valence-corrected chi connectivity index (χ2v) is 5.49. The third-order valence-electron chi connectivity index (χ3n) is 2.63. The normalized spacial score (nSPS) is 11.7.